The first kappa shape index (κ1) is 25.1. The Balaban J connectivity index is 1.14. The first-order valence-electron chi connectivity index (χ1n) is 13.8. The Kier molecular flexibility index (Phi) is 7.24. The summed E-state index contributed by atoms with van der Waals surface area (Å²) < 4.78 is 7.82. The fourth-order valence-corrected chi connectivity index (χ4v) is 5.56. The van der Waals surface area contributed by atoms with E-state index in [2.05, 4.69) is 71.7 Å². The van der Waals surface area contributed by atoms with Gasteiger partial charge in [0.2, 0.25) is 5.95 Å². The molecule has 2 atom stereocenters. The van der Waals surface area contributed by atoms with Crippen molar-refractivity contribution in [2.75, 3.05) is 5.73 Å². The first-order valence-corrected chi connectivity index (χ1v) is 13.8. The molecule has 0 unspecified atom stereocenters. The number of nitrogen functional groups attached to an aromatic ring is 1. The molecule has 0 spiro atoms. The molecule has 1 aliphatic heterocycles. The van der Waals surface area contributed by atoms with E-state index in [1.807, 2.05) is 36.4 Å². The fourth-order valence-electron chi connectivity index (χ4n) is 5.56. The molecule has 6 rings (SSSR count). The molecule has 196 valence electrons. The highest BCUT2D eigenvalue weighted by Crippen LogP contribution is 2.33. The standard InChI is InChI=1S/C34H33N3O2/c35-34-36-31-22-28(26-16-14-25(15-17-26)11-7-10-24-8-3-1-4-9-24)18-20-30(31)33(38)37(34)23-29-19-21-32(39-29)27-12-5-2-6-13-27/h1-6,8-9,12-18,20,22,29,32H,7,10-11,19,21,23H2,(H2,35,36)/t29-,32+/m0/s1. The third-order valence-corrected chi connectivity index (χ3v) is 7.71. The minimum absolute atomic E-state index is 0.0550. The molecule has 1 fully saturated rings. The van der Waals surface area contributed by atoms with E-state index >= 15 is 0 Å². The Bertz CT molecular complexity index is 1610. The maximum absolute atomic E-state index is 13.4. The van der Waals surface area contributed by atoms with Crippen molar-refractivity contribution in [2.45, 2.75) is 50.9 Å². The van der Waals surface area contributed by atoms with Gasteiger partial charge in [-0.3, -0.25) is 9.36 Å². The molecule has 5 nitrogen and oxygen atoms in total. The summed E-state index contributed by atoms with van der Waals surface area (Å²) in [4.78, 5) is 18.0. The zero-order valence-corrected chi connectivity index (χ0v) is 22.0. The SMILES string of the molecule is Nc1nc2cc(-c3ccc(CCCc4ccccc4)cc3)ccc2c(=O)n1C[C@@H]1CC[C@H](c2ccccc2)O1. The van der Waals surface area contributed by atoms with Crippen molar-refractivity contribution in [1.82, 2.24) is 9.55 Å². The lowest BCUT2D eigenvalue weighted by Crippen LogP contribution is -2.29. The molecule has 2 heterocycles. The average Bonchev–Trinajstić information content (AvgIpc) is 3.45. The Morgan fingerprint density at radius 2 is 1.46 bits per heavy atom. The molecule has 1 aromatic heterocycles. The van der Waals surface area contributed by atoms with Crippen LogP contribution in [0.4, 0.5) is 5.95 Å². The number of aryl methyl sites for hydroxylation is 2. The van der Waals surface area contributed by atoms with Crippen LogP contribution in [0.1, 0.15) is 42.1 Å². The lowest BCUT2D eigenvalue weighted by Gasteiger charge is -2.17. The van der Waals surface area contributed by atoms with E-state index in [1.165, 1.54) is 16.7 Å². The minimum atomic E-state index is -0.121. The fraction of sp³-hybridized carbons (Fsp3) is 0.235. The Morgan fingerprint density at radius 3 is 2.21 bits per heavy atom. The van der Waals surface area contributed by atoms with Gasteiger partial charge in [-0.2, -0.15) is 0 Å². The van der Waals surface area contributed by atoms with Gasteiger partial charge in [-0.15, -0.1) is 0 Å². The third-order valence-electron chi connectivity index (χ3n) is 7.71. The maximum Gasteiger partial charge on any atom is 0.262 e. The largest absolute Gasteiger partial charge is 0.369 e. The van der Waals surface area contributed by atoms with Crippen LogP contribution in [0.5, 0.6) is 0 Å². The molecule has 1 aliphatic rings. The maximum atomic E-state index is 13.4. The summed E-state index contributed by atoms with van der Waals surface area (Å²) in [6, 6.07) is 35.3. The van der Waals surface area contributed by atoms with Crippen molar-refractivity contribution in [3.8, 4) is 11.1 Å². The number of benzene rings is 4. The second kappa shape index (κ2) is 11.3. The zero-order valence-electron chi connectivity index (χ0n) is 22.0. The summed E-state index contributed by atoms with van der Waals surface area (Å²) in [7, 11) is 0. The lowest BCUT2D eigenvalue weighted by atomic mass is 9.99. The molecule has 2 N–H and O–H groups in total. The highest BCUT2D eigenvalue weighted by molar-refractivity contribution is 5.84. The number of hydrogen-bond acceptors (Lipinski definition) is 4. The van der Waals surface area contributed by atoms with Crippen LogP contribution < -0.4 is 11.3 Å². The van der Waals surface area contributed by atoms with E-state index in [0.717, 1.165) is 43.2 Å². The van der Waals surface area contributed by atoms with Crippen LogP contribution in [-0.4, -0.2) is 15.7 Å². The van der Waals surface area contributed by atoms with Crippen LogP contribution in [0.15, 0.2) is 108 Å². The van der Waals surface area contributed by atoms with E-state index in [-0.39, 0.29) is 23.7 Å². The Labute approximate surface area is 228 Å². The highest BCUT2D eigenvalue weighted by atomic mass is 16.5. The van der Waals surface area contributed by atoms with Gasteiger partial charge in [-0.25, -0.2) is 4.98 Å². The van der Waals surface area contributed by atoms with Crippen LogP contribution >= 0.6 is 0 Å². The van der Waals surface area contributed by atoms with Crippen molar-refractivity contribution in [3.63, 3.8) is 0 Å². The molecular weight excluding hydrogens is 482 g/mol. The van der Waals surface area contributed by atoms with E-state index in [9.17, 15) is 4.79 Å². The van der Waals surface area contributed by atoms with Gasteiger partial charge in [-0.05, 0) is 72.1 Å². The Morgan fingerprint density at radius 1 is 0.795 bits per heavy atom. The number of aromatic nitrogens is 2. The van der Waals surface area contributed by atoms with Gasteiger partial charge in [0, 0.05) is 0 Å². The summed E-state index contributed by atoms with van der Waals surface area (Å²) in [6.45, 7) is 0.407. The summed E-state index contributed by atoms with van der Waals surface area (Å²) >= 11 is 0. The van der Waals surface area contributed by atoms with Crippen LogP contribution in [0.25, 0.3) is 22.0 Å². The van der Waals surface area contributed by atoms with Gasteiger partial charge in [0.1, 0.15) is 0 Å². The molecular formula is C34H33N3O2. The van der Waals surface area contributed by atoms with Gasteiger partial charge in [-0.1, -0.05) is 91.0 Å². The number of nitrogens with zero attached hydrogens (tertiary/aromatic N) is 2. The number of rotatable bonds is 8. The van der Waals surface area contributed by atoms with Gasteiger partial charge in [0.25, 0.3) is 5.56 Å². The molecule has 0 radical (unpaired) electrons. The molecule has 4 aromatic carbocycles. The minimum Gasteiger partial charge on any atom is -0.369 e. The zero-order chi connectivity index (χ0) is 26.6. The quantitative estimate of drug-likeness (QED) is 0.248. The van der Waals surface area contributed by atoms with Crippen molar-refractivity contribution >= 4 is 16.9 Å². The third kappa shape index (κ3) is 5.64. The van der Waals surface area contributed by atoms with Crippen molar-refractivity contribution in [3.05, 3.63) is 130 Å². The molecule has 0 aliphatic carbocycles. The van der Waals surface area contributed by atoms with Crippen molar-refractivity contribution < 1.29 is 4.74 Å². The van der Waals surface area contributed by atoms with E-state index in [4.69, 9.17) is 10.5 Å². The molecule has 5 heteroatoms. The number of ether oxygens (including phenoxy) is 1. The van der Waals surface area contributed by atoms with Gasteiger partial charge >= 0.3 is 0 Å². The predicted octanol–water partition coefficient (Wildman–Crippen LogP) is 6.74. The molecule has 0 bridgehead atoms. The number of fused-ring (bicyclic) bond motifs is 1. The summed E-state index contributed by atoms with van der Waals surface area (Å²) in [5, 5.41) is 0.572. The van der Waals surface area contributed by atoms with Crippen molar-refractivity contribution in [1.29, 1.82) is 0 Å². The average molecular weight is 516 g/mol. The summed E-state index contributed by atoms with van der Waals surface area (Å²) in [5.41, 5.74) is 12.8. The van der Waals surface area contributed by atoms with E-state index in [1.54, 1.807) is 4.57 Å². The topological polar surface area (TPSA) is 70.1 Å². The summed E-state index contributed by atoms with van der Waals surface area (Å²) in [6.07, 6.45) is 5.04. The monoisotopic (exact) mass is 515 g/mol. The van der Waals surface area contributed by atoms with Crippen LogP contribution in [0, 0.1) is 0 Å². The van der Waals surface area contributed by atoms with E-state index in [0.29, 0.717) is 17.4 Å². The number of nitrogens with two attached hydrogens (primary N) is 1. The highest BCUT2D eigenvalue weighted by Gasteiger charge is 2.27. The van der Waals surface area contributed by atoms with Crippen LogP contribution in [0.2, 0.25) is 0 Å². The second-order valence-electron chi connectivity index (χ2n) is 10.4. The lowest BCUT2D eigenvalue weighted by molar-refractivity contribution is 0.0348. The van der Waals surface area contributed by atoms with Crippen molar-refractivity contribution in [2.24, 2.45) is 0 Å². The van der Waals surface area contributed by atoms with Crippen LogP contribution in [-0.2, 0) is 24.1 Å². The smallest absolute Gasteiger partial charge is 0.262 e. The molecule has 39 heavy (non-hydrogen) atoms. The number of hydrogen-bond donors (Lipinski definition) is 1. The first-order chi connectivity index (χ1) is 19.1. The van der Waals surface area contributed by atoms with Gasteiger partial charge in [0.05, 0.1) is 29.7 Å². The Hall–Kier alpha value is -4.22. The van der Waals surface area contributed by atoms with Gasteiger partial charge < -0.3 is 10.5 Å². The van der Waals surface area contributed by atoms with E-state index < -0.39 is 0 Å². The normalized spacial score (nSPS) is 17.0. The molecule has 0 amide bonds. The molecule has 5 aromatic rings. The molecule has 0 saturated carbocycles. The second-order valence-corrected chi connectivity index (χ2v) is 10.4. The van der Waals surface area contributed by atoms with Crippen LogP contribution in [0.3, 0.4) is 0 Å². The summed E-state index contributed by atoms with van der Waals surface area (Å²) in [5.74, 6) is 0.227. The molecule has 1 saturated heterocycles. The van der Waals surface area contributed by atoms with Gasteiger partial charge in [0.15, 0.2) is 0 Å². The number of anilines is 1. The predicted molar refractivity (Wildman–Crippen MR) is 158 cm³/mol.